The van der Waals surface area contributed by atoms with E-state index in [0.29, 0.717) is 18.1 Å². The van der Waals surface area contributed by atoms with Gasteiger partial charge >= 0.3 is 0 Å². The maximum absolute atomic E-state index is 13.9. The highest BCUT2D eigenvalue weighted by atomic mass is 19.1. The van der Waals surface area contributed by atoms with Gasteiger partial charge in [-0.25, -0.2) is 14.4 Å². The largest absolute Gasteiger partial charge is 0.379 e. The summed E-state index contributed by atoms with van der Waals surface area (Å²) in [6.45, 7) is 8.60. The highest BCUT2D eigenvalue weighted by Crippen LogP contribution is 2.31. The fourth-order valence-corrected chi connectivity index (χ4v) is 4.72. The Morgan fingerprint density at radius 3 is 2.55 bits per heavy atom. The summed E-state index contributed by atoms with van der Waals surface area (Å²) in [5.41, 5.74) is 4.54. The number of fused-ring (bicyclic) bond motifs is 1. The third-order valence-electron chi connectivity index (χ3n) is 6.91. The number of halogens is 1. The van der Waals surface area contributed by atoms with Crippen LogP contribution in [0, 0.1) is 32.5 Å². The Morgan fingerprint density at radius 1 is 1.09 bits per heavy atom. The Balaban J connectivity index is 1.44. The number of benzene rings is 1. The molecule has 2 aromatic heterocycles. The van der Waals surface area contributed by atoms with Crippen molar-refractivity contribution >= 4 is 22.9 Å². The minimum atomic E-state index is -0.323. The third-order valence-corrected chi connectivity index (χ3v) is 6.91. The van der Waals surface area contributed by atoms with E-state index >= 15 is 0 Å². The molecule has 2 fully saturated rings. The fourth-order valence-electron chi connectivity index (χ4n) is 4.72. The molecule has 0 saturated carbocycles. The average Bonchev–Trinajstić information content (AvgIpc) is 3.44. The zero-order valence-corrected chi connectivity index (χ0v) is 19.4. The molecule has 3 aromatic rings. The van der Waals surface area contributed by atoms with Gasteiger partial charge in [-0.05, 0) is 75.4 Å². The van der Waals surface area contributed by atoms with E-state index in [-0.39, 0.29) is 23.7 Å². The monoisotopic (exact) mass is 451 g/mol. The van der Waals surface area contributed by atoms with Gasteiger partial charge in [0.25, 0.3) is 0 Å². The summed E-state index contributed by atoms with van der Waals surface area (Å²) in [4.78, 5) is 24.4. The van der Waals surface area contributed by atoms with Crippen molar-refractivity contribution < 1.29 is 13.9 Å². The molecule has 1 atom stereocenters. The van der Waals surface area contributed by atoms with E-state index in [1.165, 1.54) is 17.2 Å². The van der Waals surface area contributed by atoms with Gasteiger partial charge < -0.3 is 15.0 Å². The van der Waals surface area contributed by atoms with Crippen LogP contribution in [0.5, 0.6) is 0 Å². The zero-order valence-electron chi connectivity index (χ0n) is 19.4. The predicted octanol–water partition coefficient (Wildman–Crippen LogP) is 3.61. The number of pyridine rings is 1. The molecular formula is C25H30FN5O2. The summed E-state index contributed by atoms with van der Waals surface area (Å²) in [7, 11) is 0. The summed E-state index contributed by atoms with van der Waals surface area (Å²) in [5.74, 6) is 1.24. The summed E-state index contributed by atoms with van der Waals surface area (Å²) in [6, 6.07) is 7.50. The van der Waals surface area contributed by atoms with Crippen LogP contribution in [-0.4, -0.2) is 52.8 Å². The molecular weight excluding hydrogens is 421 g/mol. The van der Waals surface area contributed by atoms with Gasteiger partial charge in [-0.2, -0.15) is 0 Å². The number of carbonyl (C=O) groups is 1. The van der Waals surface area contributed by atoms with Crippen molar-refractivity contribution in [2.75, 3.05) is 31.2 Å². The second kappa shape index (κ2) is 8.74. The standard InChI is InChI=1S/C25H30FN5O2/c1-15-12-21-22(13-16(15)2)31(23-5-4-20(26)17(3)27-23)25(29-21)30-9-6-18(7-10-30)24(32)28-19-8-11-33-14-19/h4-5,12-13,18-19H,6-11,14H2,1-3H3,(H,28,32). The number of piperidine rings is 1. The van der Waals surface area contributed by atoms with Gasteiger partial charge in [0, 0.05) is 25.6 Å². The summed E-state index contributed by atoms with van der Waals surface area (Å²) < 4.78 is 21.3. The summed E-state index contributed by atoms with van der Waals surface area (Å²) in [6.07, 6.45) is 2.41. The van der Waals surface area contributed by atoms with Gasteiger partial charge in [0.2, 0.25) is 11.9 Å². The molecule has 7 nitrogen and oxygen atoms in total. The first kappa shape index (κ1) is 21.8. The molecule has 2 saturated heterocycles. The Labute approximate surface area is 193 Å². The molecule has 5 rings (SSSR count). The van der Waals surface area contributed by atoms with Crippen molar-refractivity contribution in [1.29, 1.82) is 0 Å². The van der Waals surface area contributed by atoms with Crippen LogP contribution in [0.3, 0.4) is 0 Å². The maximum atomic E-state index is 13.9. The molecule has 0 bridgehead atoms. The van der Waals surface area contributed by atoms with Crippen molar-refractivity contribution in [3.63, 3.8) is 0 Å². The highest BCUT2D eigenvalue weighted by Gasteiger charge is 2.30. The molecule has 1 N–H and O–H groups in total. The number of aromatic nitrogens is 3. The van der Waals surface area contributed by atoms with Crippen molar-refractivity contribution in [3.8, 4) is 5.82 Å². The van der Waals surface area contributed by atoms with E-state index in [0.717, 1.165) is 55.9 Å². The molecule has 33 heavy (non-hydrogen) atoms. The first-order valence-electron chi connectivity index (χ1n) is 11.7. The van der Waals surface area contributed by atoms with E-state index in [9.17, 15) is 9.18 Å². The number of hydrogen-bond acceptors (Lipinski definition) is 5. The lowest BCUT2D eigenvalue weighted by Gasteiger charge is -2.32. The molecule has 0 aliphatic carbocycles. The van der Waals surface area contributed by atoms with Crippen molar-refractivity contribution in [2.24, 2.45) is 5.92 Å². The van der Waals surface area contributed by atoms with Crippen LogP contribution in [0.25, 0.3) is 16.9 Å². The molecule has 0 radical (unpaired) electrons. The van der Waals surface area contributed by atoms with Crippen LogP contribution in [0.1, 0.15) is 36.1 Å². The van der Waals surface area contributed by atoms with Gasteiger partial charge in [0.05, 0.1) is 29.4 Å². The van der Waals surface area contributed by atoms with E-state index in [4.69, 9.17) is 9.72 Å². The predicted molar refractivity (Wildman–Crippen MR) is 125 cm³/mol. The van der Waals surface area contributed by atoms with Crippen molar-refractivity contribution in [1.82, 2.24) is 19.9 Å². The molecule has 1 aromatic carbocycles. The number of nitrogens with one attached hydrogen (secondary N) is 1. The number of ether oxygens (including phenoxy) is 1. The lowest BCUT2D eigenvalue weighted by molar-refractivity contribution is -0.126. The van der Waals surface area contributed by atoms with Crippen molar-refractivity contribution in [3.05, 3.63) is 46.9 Å². The third kappa shape index (κ3) is 4.19. The lowest BCUT2D eigenvalue weighted by atomic mass is 9.95. The zero-order chi connectivity index (χ0) is 23.1. The van der Waals surface area contributed by atoms with Crippen LogP contribution in [-0.2, 0) is 9.53 Å². The van der Waals surface area contributed by atoms with Gasteiger partial charge in [-0.3, -0.25) is 9.36 Å². The molecule has 1 unspecified atom stereocenters. The molecule has 174 valence electrons. The SMILES string of the molecule is Cc1cc2nc(N3CCC(C(=O)NC4CCOC4)CC3)n(-c3ccc(F)c(C)n3)c2cc1C. The van der Waals surface area contributed by atoms with Crippen LogP contribution < -0.4 is 10.2 Å². The van der Waals surface area contributed by atoms with Crippen molar-refractivity contribution in [2.45, 2.75) is 46.1 Å². The minimum absolute atomic E-state index is 0.00430. The number of nitrogens with zero attached hydrogens (tertiary/aromatic N) is 4. The molecule has 4 heterocycles. The second-order valence-corrected chi connectivity index (χ2v) is 9.24. The van der Waals surface area contributed by atoms with E-state index in [1.807, 2.05) is 4.57 Å². The first-order chi connectivity index (χ1) is 15.9. The molecule has 2 aliphatic heterocycles. The van der Waals surface area contributed by atoms with Crippen LogP contribution in [0.4, 0.5) is 10.3 Å². The quantitative estimate of drug-likeness (QED) is 0.656. The smallest absolute Gasteiger partial charge is 0.223 e. The van der Waals surface area contributed by atoms with Gasteiger partial charge in [0.15, 0.2) is 0 Å². The van der Waals surface area contributed by atoms with Crippen LogP contribution >= 0.6 is 0 Å². The summed E-state index contributed by atoms with van der Waals surface area (Å²) >= 11 is 0. The number of hydrogen-bond donors (Lipinski definition) is 1. The molecule has 0 spiro atoms. The topological polar surface area (TPSA) is 72.3 Å². The fraction of sp³-hybridized carbons (Fsp3) is 0.480. The molecule has 8 heteroatoms. The van der Waals surface area contributed by atoms with Gasteiger partial charge in [-0.1, -0.05) is 0 Å². The summed E-state index contributed by atoms with van der Waals surface area (Å²) in [5, 5.41) is 3.14. The van der Waals surface area contributed by atoms with Gasteiger partial charge in [0.1, 0.15) is 11.6 Å². The Hall–Kier alpha value is -3.00. The number of carbonyl (C=O) groups excluding carboxylic acids is 1. The minimum Gasteiger partial charge on any atom is -0.379 e. The molecule has 2 aliphatic rings. The number of amides is 1. The number of aryl methyl sites for hydroxylation is 3. The maximum Gasteiger partial charge on any atom is 0.223 e. The average molecular weight is 452 g/mol. The van der Waals surface area contributed by atoms with Crippen LogP contribution in [0.2, 0.25) is 0 Å². The molecule has 1 amide bonds. The number of imidazole rings is 1. The number of rotatable bonds is 4. The first-order valence-corrected chi connectivity index (χ1v) is 11.7. The Bertz CT molecular complexity index is 1190. The van der Waals surface area contributed by atoms with Crippen LogP contribution in [0.15, 0.2) is 24.3 Å². The Kier molecular flexibility index (Phi) is 5.78. The van der Waals surface area contributed by atoms with E-state index in [2.05, 4.69) is 41.2 Å². The lowest BCUT2D eigenvalue weighted by Crippen LogP contribution is -2.44. The second-order valence-electron chi connectivity index (χ2n) is 9.24. The number of anilines is 1. The Morgan fingerprint density at radius 2 is 1.85 bits per heavy atom. The van der Waals surface area contributed by atoms with E-state index in [1.54, 1.807) is 13.0 Å². The van der Waals surface area contributed by atoms with Gasteiger partial charge in [-0.15, -0.1) is 0 Å². The highest BCUT2D eigenvalue weighted by molar-refractivity contribution is 5.83. The van der Waals surface area contributed by atoms with E-state index < -0.39 is 0 Å². The normalized spacial score (nSPS) is 19.4.